The molecule has 126 valence electrons. The van der Waals surface area contributed by atoms with Gasteiger partial charge in [0.05, 0.1) is 6.04 Å². The van der Waals surface area contributed by atoms with Crippen molar-refractivity contribution in [3.05, 3.63) is 0 Å². The maximum absolute atomic E-state index is 11.7. The van der Waals surface area contributed by atoms with Crippen LogP contribution < -0.4 is 11.1 Å². The second-order valence-corrected chi connectivity index (χ2v) is 6.71. The van der Waals surface area contributed by atoms with Crippen molar-refractivity contribution in [2.45, 2.75) is 97.4 Å². The number of hydrogen-bond donors (Lipinski definition) is 2. The van der Waals surface area contributed by atoms with Crippen LogP contribution >= 0.6 is 0 Å². The molecule has 1 unspecified atom stereocenters. The normalized spacial score (nSPS) is 12.6. The van der Waals surface area contributed by atoms with Gasteiger partial charge in [-0.05, 0) is 18.8 Å². The van der Waals surface area contributed by atoms with Gasteiger partial charge in [0.25, 0.3) is 0 Å². The van der Waals surface area contributed by atoms with E-state index in [0.717, 1.165) is 19.4 Å². The molecule has 0 aliphatic rings. The van der Waals surface area contributed by atoms with Gasteiger partial charge in [-0.25, -0.2) is 0 Å². The Morgan fingerprint density at radius 2 is 1.38 bits per heavy atom. The summed E-state index contributed by atoms with van der Waals surface area (Å²) >= 11 is 0. The molecule has 0 aromatic rings. The summed E-state index contributed by atoms with van der Waals surface area (Å²) in [7, 11) is 0. The molecule has 1 atom stereocenters. The van der Waals surface area contributed by atoms with Gasteiger partial charge in [-0.3, -0.25) is 4.79 Å². The fourth-order valence-electron chi connectivity index (χ4n) is 2.57. The fourth-order valence-corrected chi connectivity index (χ4v) is 2.57. The first-order valence-corrected chi connectivity index (χ1v) is 9.11. The first kappa shape index (κ1) is 20.4. The van der Waals surface area contributed by atoms with E-state index in [4.69, 9.17) is 5.73 Å². The number of hydrogen-bond acceptors (Lipinski definition) is 2. The summed E-state index contributed by atoms with van der Waals surface area (Å²) in [5.41, 5.74) is 5.84. The number of rotatable bonds is 14. The van der Waals surface area contributed by atoms with Gasteiger partial charge in [0.1, 0.15) is 0 Å². The predicted octanol–water partition coefficient (Wildman–Crippen LogP) is 4.40. The van der Waals surface area contributed by atoms with Crippen LogP contribution in [0.1, 0.15) is 91.4 Å². The van der Waals surface area contributed by atoms with E-state index < -0.39 is 0 Å². The van der Waals surface area contributed by atoms with Crippen LogP contribution in [0, 0.1) is 5.92 Å². The van der Waals surface area contributed by atoms with Crippen molar-refractivity contribution in [3.8, 4) is 0 Å². The van der Waals surface area contributed by atoms with Crippen LogP contribution in [0.3, 0.4) is 0 Å². The molecular formula is C18H38N2O. The Labute approximate surface area is 132 Å². The van der Waals surface area contributed by atoms with E-state index in [9.17, 15) is 4.79 Å². The zero-order valence-corrected chi connectivity index (χ0v) is 14.6. The molecule has 3 nitrogen and oxygen atoms in total. The number of carbonyl (C=O) groups excluding carboxylic acids is 1. The number of nitrogens with two attached hydrogens (primary N) is 1. The van der Waals surface area contributed by atoms with E-state index in [0.29, 0.717) is 5.92 Å². The summed E-state index contributed by atoms with van der Waals surface area (Å²) < 4.78 is 0. The predicted molar refractivity (Wildman–Crippen MR) is 92.3 cm³/mol. The maximum atomic E-state index is 11.7. The zero-order chi connectivity index (χ0) is 15.9. The second kappa shape index (κ2) is 14.4. The molecule has 3 N–H and O–H groups in total. The zero-order valence-electron chi connectivity index (χ0n) is 14.6. The van der Waals surface area contributed by atoms with Gasteiger partial charge in [0, 0.05) is 6.54 Å². The van der Waals surface area contributed by atoms with Crippen molar-refractivity contribution < 1.29 is 4.79 Å². The average molecular weight is 299 g/mol. The summed E-state index contributed by atoms with van der Waals surface area (Å²) in [4.78, 5) is 11.7. The molecule has 0 fully saturated rings. The number of nitrogens with one attached hydrogen (secondary N) is 1. The Bertz CT molecular complexity index is 241. The molecule has 0 aliphatic heterocycles. The van der Waals surface area contributed by atoms with Gasteiger partial charge in [-0.2, -0.15) is 0 Å². The number of carbonyl (C=O) groups is 1. The Morgan fingerprint density at radius 3 is 1.86 bits per heavy atom. The SMILES string of the molecule is CCCCCCCCCCCCNC(=O)C(N)CC(C)C. The highest BCUT2D eigenvalue weighted by molar-refractivity contribution is 5.81. The molecular weight excluding hydrogens is 260 g/mol. The molecule has 21 heavy (non-hydrogen) atoms. The molecule has 0 saturated heterocycles. The van der Waals surface area contributed by atoms with Gasteiger partial charge >= 0.3 is 0 Å². The monoisotopic (exact) mass is 298 g/mol. The van der Waals surface area contributed by atoms with Crippen LogP contribution in [0.2, 0.25) is 0 Å². The third-order valence-corrected chi connectivity index (χ3v) is 3.89. The van der Waals surface area contributed by atoms with Crippen LogP contribution in [0.25, 0.3) is 0 Å². The third kappa shape index (κ3) is 14.1. The van der Waals surface area contributed by atoms with Gasteiger partial charge in [-0.15, -0.1) is 0 Å². The van der Waals surface area contributed by atoms with E-state index in [1.54, 1.807) is 0 Å². The molecule has 0 saturated carbocycles. The van der Waals surface area contributed by atoms with E-state index in [-0.39, 0.29) is 11.9 Å². The smallest absolute Gasteiger partial charge is 0.236 e. The summed E-state index contributed by atoms with van der Waals surface area (Å²) in [5, 5.41) is 2.95. The molecule has 1 amide bonds. The molecule has 0 aliphatic carbocycles. The van der Waals surface area contributed by atoms with Crippen molar-refractivity contribution in [1.82, 2.24) is 5.32 Å². The van der Waals surface area contributed by atoms with Gasteiger partial charge in [0.2, 0.25) is 5.91 Å². The van der Waals surface area contributed by atoms with Crippen molar-refractivity contribution >= 4 is 5.91 Å². The number of amides is 1. The minimum absolute atomic E-state index is 0.0135. The summed E-state index contributed by atoms with van der Waals surface area (Å²) in [6.07, 6.45) is 14.0. The van der Waals surface area contributed by atoms with E-state index in [1.807, 2.05) is 0 Å². The van der Waals surface area contributed by atoms with Crippen molar-refractivity contribution in [2.24, 2.45) is 11.7 Å². The van der Waals surface area contributed by atoms with Crippen LogP contribution in [0.15, 0.2) is 0 Å². The molecule has 3 heteroatoms. The average Bonchev–Trinajstić information content (AvgIpc) is 2.43. The van der Waals surface area contributed by atoms with E-state index >= 15 is 0 Å². The molecule has 0 radical (unpaired) electrons. The Morgan fingerprint density at radius 1 is 0.905 bits per heavy atom. The topological polar surface area (TPSA) is 55.1 Å². The van der Waals surface area contributed by atoms with Gasteiger partial charge < -0.3 is 11.1 Å². The highest BCUT2D eigenvalue weighted by Crippen LogP contribution is 2.10. The summed E-state index contributed by atoms with van der Waals surface area (Å²) in [6, 6.07) is -0.340. The lowest BCUT2D eigenvalue weighted by Crippen LogP contribution is -2.41. The van der Waals surface area contributed by atoms with Crippen LogP contribution in [0.4, 0.5) is 0 Å². The highest BCUT2D eigenvalue weighted by Gasteiger charge is 2.13. The van der Waals surface area contributed by atoms with E-state index in [2.05, 4.69) is 26.1 Å². The lowest BCUT2D eigenvalue weighted by Gasteiger charge is -2.14. The second-order valence-electron chi connectivity index (χ2n) is 6.71. The summed E-state index contributed by atoms with van der Waals surface area (Å²) in [5.74, 6) is 0.489. The lowest BCUT2D eigenvalue weighted by molar-refractivity contribution is -0.122. The molecule has 0 spiro atoms. The highest BCUT2D eigenvalue weighted by atomic mass is 16.2. The summed E-state index contributed by atoms with van der Waals surface area (Å²) in [6.45, 7) is 7.22. The van der Waals surface area contributed by atoms with Crippen molar-refractivity contribution in [1.29, 1.82) is 0 Å². The minimum Gasteiger partial charge on any atom is -0.355 e. The lowest BCUT2D eigenvalue weighted by atomic mass is 10.0. The van der Waals surface area contributed by atoms with Gasteiger partial charge in [-0.1, -0.05) is 78.6 Å². The maximum Gasteiger partial charge on any atom is 0.236 e. The van der Waals surface area contributed by atoms with E-state index in [1.165, 1.54) is 57.8 Å². The van der Waals surface area contributed by atoms with Crippen LogP contribution in [0.5, 0.6) is 0 Å². The van der Waals surface area contributed by atoms with Crippen molar-refractivity contribution in [3.63, 3.8) is 0 Å². The van der Waals surface area contributed by atoms with Crippen LogP contribution in [-0.2, 0) is 4.79 Å². The van der Waals surface area contributed by atoms with Crippen LogP contribution in [-0.4, -0.2) is 18.5 Å². The molecule has 0 aromatic heterocycles. The largest absolute Gasteiger partial charge is 0.355 e. The third-order valence-electron chi connectivity index (χ3n) is 3.89. The molecule has 0 bridgehead atoms. The quantitative estimate of drug-likeness (QED) is 0.467. The fraction of sp³-hybridized carbons (Fsp3) is 0.944. The Balaban J connectivity index is 3.26. The molecule has 0 rings (SSSR count). The number of unbranched alkanes of at least 4 members (excludes halogenated alkanes) is 9. The van der Waals surface area contributed by atoms with Crippen molar-refractivity contribution in [2.75, 3.05) is 6.54 Å². The Kier molecular flexibility index (Phi) is 14.0. The molecule has 0 heterocycles. The minimum atomic E-state index is -0.340. The Hall–Kier alpha value is -0.570. The van der Waals surface area contributed by atoms with Gasteiger partial charge in [0.15, 0.2) is 0 Å². The molecule has 0 aromatic carbocycles. The first-order chi connectivity index (χ1) is 10.1. The first-order valence-electron chi connectivity index (χ1n) is 9.11. The standard InChI is InChI=1S/C18H38N2O/c1-4-5-6-7-8-9-10-11-12-13-14-20-18(21)17(19)15-16(2)3/h16-17H,4-15,19H2,1-3H3,(H,20,21).